The van der Waals surface area contributed by atoms with Crippen LogP contribution in [0.15, 0.2) is 22.8 Å². The zero-order valence-electron chi connectivity index (χ0n) is 22.4. The van der Waals surface area contributed by atoms with Crippen LogP contribution in [0, 0.1) is 6.92 Å². The van der Waals surface area contributed by atoms with Crippen LogP contribution in [0.3, 0.4) is 0 Å². The van der Waals surface area contributed by atoms with Gasteiger partial charge >= 0.3 is 12.2 Å². The largest absolute Gasteiger partial charge is 0.414 e. The fourth-order valence-electron chi connectivity index (χ4n) is 4.39. The molecule has 0 spiro atoms. The minimum absolute atomic E-state index is 0.0482. The third-order valence-electron chi connectivity index (χ3n) is 6.57. The summed E-state index contributed by atoms with van der Waals surface area (Å²) in [4.78, 5) is 33.7. The molecule has 1 aliphatic heterocycles. The second kappa shape index (κ2) is 11.6. The van der Waals surface area contributed by atoms with Crippen LogP contribution in [0.5, 0.6) is 0 Å². The average molecular weight is 590 g/mol. The number of rotatable bonds is 10. The zero-order valence-corrected chi connectivity index (χ0v) is 22.4. The number of aromatic amines is 1. The van der Waals surface area contributed by atoms with Crippen LogP contribution in [-0.2, 0) is 9.47 Å². The number of urea groups is 1. The standard InChI is InChI=1S/C24H28F5N7O5/c1-11-18(35-41-34-11)21(37)33-19(12(2)40-13(3)24(27,28)29)20-31-15-6-5-14(7-16(15)32-20)17(8-39-4)36-10-23(25,26)9-30-22(36)38/h5-7,12-13,17,19H,8-10H2,1-4H3,(H,30,38)(H,31,32)(H,33,37)/t12-,13+,17-,19+/m1/s1. The average Bonchev–Trinajstić information content (AvgIpc) is 3.52. The van der Waals surface area contributed by atoms with Gasteiger partial charge in [0.2, 0.25) is 0 Å². The summed E-state index contributed by atoms with van der Waals surface area (Å²) in [5, 5.41) is 11.8. The number of alkyl halides is 5. The minimum Gasteiger partial charge on any atom is -0.382 e. The van der Waals surface area contributed by atoms with Crippen LogP contribution in [0.1, 0.15) is 53.5 Å². The van der Waals surface area contributed by atoms with E-state index in [2.05, 4.69) is 35.5 Å². The number of carbonyl (C=O) groups is 2. The molecule has 3 N–H and O–H groups in total. The van der Waals surface area contributed by atoms with Gasteiger partial charge in [-0.2, -0.15) is 13.2 Å². The van der Waals surface area contributed by atoms with E-state index in [1.165, 1.54) is 21.0 Å². The normalized spacial score (nSPS) is 18.6. The highest BCUT2D eigenvalue weighted by Crippen LogP contribution is 2.31. The van der Waals surface area contributed by atoms with Crippen LogP contribution in [0.25, 0.3) is 11.0 Å². The molecule has 0 bridgehead atoms. The number of halogens is 5. The maximum absolute atomic E-state index is 14.1. The molecule has 1 aromatic carbocycles. The Bertz CT molecular complexity index is 1390. The van der Waals surface area contributed by atoms with Gasteiger partial charge in [0.05, 0.1) is 42.9 Å². The molecule has 0 aliphatic carbocycles. The van der Waals surface area contributed by atoms with Crippen LogP contribution in [0.2, 0.25) is 0 Å². The predicted octanol–water partition coefficient (Wildman–Crippen LogP) is 3.43. The van der Waals surface area contributed by atoms with Crippen LogP contribution < -0.4 is 10.6 Å². The summed E-state index contributed by atoms with van der Waals surface area (Å²) in [6, 6.07) is 1.87. The molecule has 3 amide bonds. The second-order valence-electron chi connectivity index (χ2n) is 9.69. The minimum atomic E-state index is -4.66. The van der Waals surface area contributed by atoms with E-state index in [-0.39, 0.29) is 23.8 Å². The number of amides is 3. The number of aryl methyl sites for hydroxylation is 1. The van der Waals surface area contributed by atoms with Crippen LogP contribution in [0.4, 0.5) is 26.7 Å². The van der Waals surface area contributed by atoms with Gasteiger partial charge in [-0.15, -0.1) is 0 Å². The molecule has 3 heterocycles. The lowest BCUT2D eigenvalue weighted by molar-refractivity contribution is -0.227. The van der Waals surface area contributed by atoms with Crippen molar-refractivity contribution in [2.45, 2.75) is 57.2 Å². The summed E-state index contributed by atoms with van der Waals surface area (Å²) in [5.41, 5.74) is 1.12. The summed E-state index contributed by atoms with van der Waals surface area (Å²) < 4.78 is 82.9. The maximum atomic E-state index is 14.1. The van der Waals surface area contributed by atoms with Crippen molar-refractivity contribution < 1.29 is 45.6 Å². The number of H-pyrrole nitrogens is 1. The number of imidazole rings is 1. The number of hydrogen-bond donors (Lipinski definition) is 3. The van der Waals surface area contributed by atoms with Gasteiger partial charge in [0.15, 0.2) is 11.8 Å². The van der Waals surface area contributed by atoms with E-state index in [4.69, 9.17) is 9.47 Å². The van der Waals surface area contributed by atoms with E-state index in [0.29, 0.717) is 16.6 Å². The molecule has 17 heteroatoms. The van der Waals surface area contributed by atoms with Gasteiger partial charge in [-0.05, 0) is 43.6 Å². The lowest BCUT2D eigenvalue weighted by Crippen LogP contribution is -2.58. The molecule has 1 saturated heterocycles. The van der Waals surface area contributed by atoms with E-state index < -0.39 is 61.4 Å². The fraction of sp³-hybridized carbons (Fsp3) is 0.542. The molecular weight excluding hydrogens is 561 g/mol. The molecule has 0 unspecified atom stereocenters. The Morgan fingerprint density at radius 2 is 2.00 bits per heavy atom. The first-order chi connectivity index (χ1) is 19.2. The topological polar surface area (TPSA) is 147 Å². The maximum Gasteiger partial charge on any atom is 0.414 e. The van der Waals surface area contributed by atoms with E-state index >= 15 is 0 Å². The first-order valence-corrected chi connectivity index (χ1v) is 12.4. The van der Waals surface area contributed by atoms with Crippen molar-refractivity contribution >= 4 is 23.0 Å². The Labute approximate surface area is 229 Å². The lowest BCUT2D eigenvalue weighted by Gasteiger charge is -2.38. The lowest BCUT2D eigenvalue weighted by atomic mass is 10.0. The smallest absolute Gasteiger partial charge is 0.382 e. The summed E-state index contributed by atoms with van der Waals surface area (Å²) in [5.74, 6) is -3.90. The molecule has 0 saturated carbocycles. The van der Waals surface area contributed by atoms with E-state index in [0.717, 1.165) is 11.8 Å². The van der Waals surface area contributed by atoms with E-state index in [9.17, 15) is 31.5 Å². The molecule has 4 atom stereocenters. The Hall–Kier alpha value is -3.86. The number of carbonyl (C=O) groups excluding carboxylic acids is 2. The second-order valence-corrected chi connectivity index (χ2v) is 9.69. The quantitative estimate of drug-likeness (QED) is 0.305. The molecule has 1 fully saturated rings. The molecule has 0 radical (unpaired) electrons. The molecule has 3 aromatic rings. The highest BCUT2D eigenvalue weighted by atomic mass is 19.4. The third-order valence-corrected chi connectivity index (χ3v) is 6.57. The van der Waals surface area contributed by atoms with Crippen molar-refractivity contribution in [3.8, 4) is 0 Å². The SMILES string of the molecule is COC[C@H](c1ccc2nc([C@@H](NC(=O)c3nonc3C)[C@@H](C)O[C@@H](C)C(F)(F)F)[nH]c2c1)N1CC(F)(F)CNC1=O. The number of hydrogen-bond acceptors (Lipinski definition) is 8. The van der Waals surface area contributed by atoms with Gasteiger partial charge in [-0.25, -0.2) is 23.2 Å². The molecule has 224 valence electrons. The predicted molar refractivity (Wildman–Crippen MR) is 131 cm³/mol. The Morgan fingerprint density at radius 1 is 1.27 bits per heavy atom. The van der Waals surface area contributed by atoms with Gasteiger partial charge in [0.25, 0.3) is 11.8 Å². The van der Waals surface area contributed by atoms with Crippen molar-refractivity contribution in [3.05, 3.63) is 41.0 Å². The zero-order chi connectivity index (χ0) is 30.1. The summed E-state index contributed by atoms with van der Waals surface area (Å²) in [6.45, 7) is 1.93. The first-order valence-electron chi connectivity index (χ1n) is 12.4. The van der Waals surface area contributed by atoms with Gasteiger partial charge in [-0.3, -0.25) is 4.79 Å². The van der Waals surface area contributed by atoms with Crippen molar-refractivity contribution in [2.75, 3.05) is 26.8 Å². The molecule has 12 nitrogen and oxygen atoms in total. The highest BCUT2D eigenvalue weighted by molar-refractivity contribution is 5.93. The monoisotopic (exact) mass is 589 g/mol. The van der Waals surface area contributed by atoms with Crippen molar-refractivity contribution in [2.24, 2.45) is 0 Å². The number of nitrogens with one attached hydrogen (secondary N) is 3. The molecule has 4 rings (SSSR count). The van der Waals surface area contributed by atoms with Crippen LogP contribution in [-0.4, -0.2) is 88.2 Å². The number of methoxy groups -OCH3 is 1. The Balaban J connectivity index is 1.68. The summed E-state index contributed by atoms with van der Waals surface area (Å²) in [6.07, 6.45) is -8.06. The number of benzene rings is 1. The fourth-order valence-corrected chi connectivity index (χ4v) is 4.39. The van der Waals surface area contributed by atoms with Gasteiger partial charge in [0, 0.05) is 7.11 Å². The van der Waals surface area contributed by atoms with Gasteiger partial charge in [-0.1, -0.05) is 11.2 Å². The molecule has 2 aromatic heterocycles. The van der Waals surface area contributed by atoms with Gasteiger partial charge < -0.3 is 30.0 Å². The highest BCUT2D eigenvalue weighted by Gasteiger charge is 2.42. The number of ether oxygens (including phenoxy) is 2. The van der Waals surface area contributed by atoms with Crippen molar-refractivity contribution in [3.63, 3.8) is 0 Å². The first kappa shape index (κ1) is 30.1. The Morgan fingerprint density at radius 3 is 2.63 bits per heavy atom. The van der Waals surface area contributed by atoms with E-state index in [1.807, 2.05) is 0 Å². The number of aromatic nitrogens is 4. The summed E-state index contributed by atoms with van der Waals surface area (Å²) in [7, 11) is 1.36. The Kier molecular flexibility index (Phi) is 8.49. The number of fused-ring (bicyclic) bond motifs is 1. The summed E-state index contributed by atoms with van der Waals surface area (Å²) >= 11 is 0. The molecule has 1 aliphatic rings. The van der Waals surface area contributed by atoms with E-state index in [1.54, 1.807) is 18.2 Å². The molecule has 41 heavy (non-hydrogen) atoms. The third kappa shape index (κ3) is 6.73. The number of nitrogens with zero attached hydrogens (tertiary/aromatic N) is 4. The van der Waals surface area contributed by atoms with Crippen molar-refractivity contribution in [1.82, 2.24) is 35.8 Å². The van der Waals surface area contributed by atoms with Crippen LogP contribution >= 0.6 is 0 Å². The molecular formula is C24H28F5N7O5. The van der Waals surface area contributed by atoms with Crippen molar-refractivity contribution in [1.29, 1.82) is 0 Å². The van der Waals surface area contributed by atoms with Gasteiger partial charge in [0.1, 0.15) is 17.6 Å².